The predicted octanol–water partition coefficient (Wildman–Crippen LogP) is 3.80. The zero-order valence-electron chi connectivity index (χ0n) is 13.8. The van der Waals surface area contributed by atoms with E-state index in [1.165, 1.54) is 12.1 Å². The van der Waals surface area contributed by atoms with Gasteiger partial charge in [0.15, 0.2) is 0 Å². The molecular formula is C19H23FN2O. The van der Waals surface area contributed by atoms with E-state index in [9.17, 15) is 9.18 Å². The Bertz CT molecular complexity index is 675. The minimum atomic E-state index is -0.433. The summed E-state index contributed by atoms with van der Waals surface area (Å²) in [4.78, 5) is 11.3. The van der Waals surface area contributed by atoms with E-state index in [2.05, 4.69) is 26.1 Å². The third-order valence-electron chi connectivity index (χ3n) is 3.79. The van der Waals surface area contributed by atoms with Crippen LogP contribution >= 0.6 is 0 Å². The van der Waals surface area contributed by atoms with E-state index >= 15 is 0 Å². The molecule has 2 rings (SSSR count). The largest absolute Gasteiger partial charge is 0.366 e. The van der Waals surface area contributed by atoms with E-state index in [1.807, 2.05) is 12.1 Å². The summed E-state index contributed by atoms with van der Waals surface area (Å²) in [5, 5.41) is 3.50. The Morgan fingerprint density at radius 2 is 1.83 bits per heavy atom. The minimum absolute atomic E-state index is 0.0425. The molecule has 1 amide bonds. The molecule has 0 radical (unpaired) electrons. The predicted molar refractivity (Wildman–Crippen MR) is 90.4 cm³/mol. The van der Waals surface area contributed by atoms with Gasteiger partial charge in [-0.2, -0.15) is 0 Å². The molecule has 0 spiro atoms. The van der Waals surface area contributed by atoms with Gasteiger partial charge >= 0.3 is 0 Å². The lowest BCUT2D eigenvalue weighted by molar-refractivity contribution is 0.1000. The number of benzene rings is 2. The molecule has 0 heterocycles. The molecule has 2 aromatic carbocycles. The van der Waals surface area contributed by atoms with Crippen molar-refractivity contribution < 1.29 is 9.18 Å². The summed E-state index contributed by atoms with van der Waals surface area (Å²) in [6.07, 6.45) is 0. The van der Waals surface area contributed by atoms with Crippen molar-refractivity contribution >= 4 is 5.91 Å². The number of nitrogens with two attached hydrogens (primary N) is 1. The number of carbonyl (C=O) groups is 1. The lowest BCUT2D eigenvalue weighted by Gasteiger charge is -2.32. The zero-order chi connectivity index (χ0) is 17.0. The van der Waals surface area contributed by atoms with Crippen LogP contribution in [0.2, 0.25) is 0 Å². The Morgan fingerprint density at radius 3 is 2.39 bits per heavy atom. The quantitative estimate of drug-likeness (QED) is 0.882. The number of nitrogens with one attached hydrogen (secondary N) is 1. The maximum atomic E-state index is 13.2. The summed E-state index contributed by atoms with van der Waals surface area (Å²) in [6.45, 7) is 7.00. The topological polar surface area (TPSA) is 55.1 Å². The van der Waals surface area contributed by atoms with E-state index in [4.69, 9.17) is 5.73 Å². The smallest absolute Gasteiger partial charge is 0.248 e. The van der Waals surface area contributed by atoms with Crippen molar-refractivity contribution in [2.24, 2.45) is 11.1 Å². The van der Waals surface area contributed by atoms with Crippen molar-refractivity contribution in [2.75, 3.05) is 0 Å². The summed E-state index contributed by atoms with van der Waals surface area (Å²) in [5.74, 6) is -0.673. The second-order valence-corrected chi connectivity index (χ2v) is 6.80. The van der Waals surface area contributed by atoms with Crippen molar-refractivity contribution in [3.63, 3.8) is 0 Å². The van der Waals surface area contributed by atoms with Crippen LogP contribution in [-0.4, -0.2) is 5.91 Å². The van der Waals surface area contributed by atoms with Crippen molar-refractivity contribution in [2.45, 2.75) is 33.4 Å². The third-order valence-corrected chi connectivity index (χ3v) is 3.79. The van der Waals surface area contributed by atoms with E-state index < -0.39 is 5.91 Å². The third kappa shape index (κ3) is 4.63. The number of hydrogen-bond donors (Lipinski definition) is 2. The Labute approximate surface area is 136 Å². The van der Waals surface area contributed by atoms with Crippen molar-refractivity contribution in [3.05, 3.63) is 71.0 Å². The molecule has 0 fully saturated rings. The second kappa shape index (κ2) is 6.92. The lowest BCUT2D eigenvalue weighted by atomic mass is 9.82. The van der Waals surface area contributed by atoms with Gasteiger partial charge in [0.2, 0.25) is 5.91 Å². The number of hydrogen-bond acceptors (Lipinski definition) is 2. The van der Waals surface area contributed by atoms with Gasteiger partial charge in [0.25, 0.3) is 0 Å². The van der Waals surface area contributed by atoms with Crippen molar-refractivity contribution in [1.29, 1.82) is 0 Å². The molecule has 23 heavy (non-hydrogen) atoms. The van der Waals surface area contributed by atoms with Gasteiger partial charge in [-0.25, -0.2) is 4.39 Å². The van der Waals surface area contributed by atoms with Crippen LogP contribution in [0.25, 0.3) is 0 Å². The van der Waals surface area contributed by atoms with Gasteiger partial charge in [0.1, 0.15) is 5.82 Å². The van der Waals surface area contributed by atoms with Gasteiger partial charge in [0.05, 0.1) is 0 Å². The maximum absolute atomic E-state index is 13.2. The van der Waals surface area contributed by atoms with Crippen LogP contribution in [0, 0.1) is 11.2 Å². The number of primary amides is 1. The van der Waals surface area contributed by atoms with E-state index in [0.29, 0.717) is 12.1 Å². The Balaban J connectivity index is 2.18. The number of amides is 1. The summed E-state index contributed by atoms with van der Waals surface area (Å²) in [6, 6.07) is 13.9. The van der Waals surface area contributed by atoms with Gasteiger partial charge < -0.3 is 11.1 Å². The van der Waals surface area contributed by atoms with E-state index in [0.717, 1.165) is 11.1 Å². The number of rotatable bonds is 5. The SMILES string of the molecule is CC(C)(C)[C@H](NCc1cccc(C(N)=O)c1)c1ccc(F)cc1. The van der Waals surface area contributed by atoms with Gasteiger partial charge in [0, 0.05) is 18.2 Å². The summed E-state index contributed by atoms with van der Waals surface area (Å²) in [5.41, 5.74) is 7.79. The number of carbonyl (C=O) groups excluding carboxylic acids is 1. The summed E-state index contributed by atoms with van der Waals surface area (Å²) in [7, 11) is 0. The first-order chi connectivity index (χ1) is 10.8. The fourth-order valence-electron chi connectivity index (χ4n) is 2.63. The standard InChI is InChI=1S/C19H23FN2O/c1-19(2,3)17(14-7-9-16(20)10-8-14)22-12-13-5-4-6-15(11-13)18(21)23/h4-11,17,22H,12H2,1-3H3,(H2,21,23)/t17-/m1/s1. The molecule has 0 aliphatic carbocycles. The fourth-order valence-corrected chi connectivity index (χ4v) is 2.63. The summed E-state index contributed by atoms with van der Waals surface area (Å²) < 4.78 is 13.2. The molecule has 0 saturated heterocycles. The van der Waals surface area contributed by atoms with Crippen LogP contribution in [0.3, 0.4) is 0 Å². The molecule has 1 atom stereocenters. The van der Waals surface area contributed by atoms with Gasteiger partial charge in [-0.15, -0.1) is 0 Å². The van der Waals surface area contributed by atoms with Crippen LogP contribution in [-0.2, 0) is 6.54 Å². The molecule has 3 N–H and O–H groups in total. The van der Waals surface area contributed by atoms with Crippen molar-refractivity contribution in [3.8, 4) is 0 Å². The van der Waals surface area contributed by atoms with Crippen LogP contribution in [0.1, 0.15) is 48.3 Å². The zero-order valence-corrected chi connectivity index (χ0v) is 13.8. The minimum Gasteiger partial charge on any atom is -0.366 e. The fraction of sp³-hybridized carbons (Fsp3) is 0.316. The molecule has 4 heteroatoms. The highest BCUT2D eigenvalue weighted by atomic mass is 19.1. The van der Waals surface area contributed by atoms with E-state index in [1.54, 1.807) is 24.3 Å². The lowest BCUT2D eigenvalue weighted by Crippen LogP contribution is -2.32. The molecular weight excluding hydrogens is 291 g/mol. The highest BCUT2D eigenvalue weighted by Crippen LogP contribution is 2.33. The first-order valence-corrected chi connectivity index (χ1v) is 7.65. The van der Waals surface area contributed by atoms with Gasteiger partial charge in [-0.1, -0.05) is 45.0 Å². The molecule has 2 aromatic rings. The Hall–Kier alpha value is -2.20. The van der Waals surface area contributed by atoms with Crippen LogP contribution in [0.15, 0.2) is 48.5 Å². The van der Waals surface area contributed by atoms with Crippen LogP contribution in [0.5, 0.6) is 0 Å². The van der Waals surface area contributed by atoms with Crippen LogP contribution in [0.4, 0.5) is 4.39 Å². The number of halogens is 1. The molecule has 0 aliphatic heterocycles. The van der Waals surface area contributed by atoms with Gasteiger partial charge in [-0.3, -0.25) is 4.79 Å². The molecule has 3 nitrogen and oxygen atoms in total. The highest BCUT2D eigenvalue weighted by molar-refractivity contribution is 5.92. The Morgan fingerprint density at radius 1 is 1.17 bits per heavy atom. The molecule has 0 saturated carbocycles. The molecule has 0 bridgehead atoms. The average molecular weight is 314 g/mol. The molecule has 0 aromatic heterocycles. The van der Waals surface area contributed by atoms with Gasteiger partial charge in [-0.05, 0) is 40.8 Å². The molecule has 0 unspecified atom stereocenters. The monoisotopic (exact) mass is 314 g/mol. The summed E-state index contributed by atoms with van der Waals surface area (Å²) >= 11 is 0. The van der Waals surface area contributed by atoms with Crippen LogP contribution < -0.4 is 11.1 Å². The first-order valence-electron chi connectivity index (χ1n) is 7.65. The maximum Gasteiger partial charge on any atom is 0.248 e. The highest BCUT2D eigenvalue weighted by Gasteiger charge is 2.25. The molecule has 0 aliphatic rings. The Kier molecular flexibility index (Phi) is 5.16. The van der Waals surface area contributed by atoms with E-state index in [-0.39, 0.29) is 17.3 Å². The average Bonchev–Trinajstić information content (AvgIpc) is 2.48. The first kappa shape index (κ1) is 17.2. The normalized spacial score (nSPS) is 12.9. The van der Waals surface area contributed by atoms with Crippen molar-refractivity contribution in [1.82, 2.24) is 5.32 Å². The second-order valence-electron chi connectivity index (χ2n) is 6.80. The molecule has 122 valence electrons.